The van der Waals surface area contributed by atoms with Gasteiger partial charge in [-0.15, -0.1) is 0 Å². The minimum Gasteiger partial charge on any atom is -0.459 e. The molecule has 90 valence electrons. The van der Waals surface area contributed by atoms with E-state index < -0.39 is 17.7 Å². The van der Waals surface area contributed by atoms with Crippen molar-refractivity contribution in [3.63, 3.8) is 0 Å². The van der Waals surface area contributed by atoms with E-state index in [9.17, 15) is 14.7 Å². The third kappa shape index (κ3) is 2.50. The van der Waals surface area contributed by atoms with Crippen LogP contribution >= 0.6 is 0 Å². The maximum absolute atomic E-state index is 11.7. The molecule has 0 bridgehead atoms. The van der Waals surface area contributed by atoms with Crippen LogP contribution in [0.15, 0.2) is 12.2 Å². The van der Waals surface area contributed by atoms with Crippen molar-refractivity contribution in [2.45, 2.75) is 45.3 Å². The second kappa shape index (κ2) is 4.37. The number of ether oxygens (including phenoxy) is 1. The molecule has 0 spiro atoms. The average Bonchev–Trinajstić information content (AvgIpc) is 2.12. The number of ketones is 1. The van der Waals surface area contributed by atoms with Crippen molar-refractivity contribution in [3.05, 3.63) is 12.2 Å². The molecule has 1 aliphatic rings. The predicted molar refractivity (Wildman–Crippen MR) is 58.7 cm³/mol. The molecule has 1 aliphatic carbocycles. The zero-order valence-corrected chi connectivity index (χ0v) is 9.95. The molecule has 1 fully saturated rings. The smallest absolute Gasteiger partial charge is 0.303 e. The Bertz CT molecular complexity index is 330. The van der Waals surface area contributed by atoms with Crippen molar-refractivity contribution in [2.24, 2.45) is 5.92 Å². The van der Waals surface area contributed by atoms with E-state index in [1.165, 1.54) is 13.8 Å². The molecule has 0 aromatic carbocycles. The summed E-state index contributed by atoms with van der Waals surface area (Å²) in [6, 6.07) is 0. The Morgan fingerprint density at radius 1 is 1.56 bits per heavy atom. The maximum Gasteiger partial charge on any atom is 0.303 e. The Labute approximate surface area is 95.3 Å². The van der Waals surface area contributed by atoms with Gasteiger partial charge in [-0.25, -0.2) is 0 Å². The first-order chi connectivity index (χ1) is 7.25. The van der Waals surface area contributed by atoms with Crippen LogP contribution in [-0.4, -0.2) is 28.6 Å². The lowest BCUT2D eigenvalue weighted by molar-refractivity contribution is -0.174. The third-order valence-corrected chi connectivity index (χ3v) is 3.13. The molecule has 1 N–H and O–H groups in total. The fourth-order valence-electron chi connectivity index (χ4n) is 1.92. The van der Waals surface area contributed by atoms with Crippen LogP contribution in [0.1, 0.15) is 33.6 Å². The van der Waals surface area contributed by atoms with Gasteiger partial charge in [-0.2, -0.15) is 0 Å². The summed E-state index contributed by atoms with van der Waals surface area (Å²) in [6.07, 6.45) is -0.0544. The van der Waals surface area contributed by atoms with E-state index >= 15 is 0 Å². The summed E-state index contributed by atoms with van der Waals surface area (Å²) in [5, 5.41) is 9.99. The number of carbonyl (C=O) groups excluding carboxylic acids is 2. The number of aliphatic hydroxyl groups is 1. The molecular formula is C12H18O4. The van der Waals surface area contributed by atoms with Gasteiger partial charge in [0.05, 0.1) is 0 Å². The van der Waals surface area contributed by atoms with Crippen molar-refractivity contribution in [1.82, 2.24) is 0 Å². The summed E-state index contributed by atoms with van der Waals surface area (Å²) in [5.74, 6) is -0.796. The average molecular weight is 226 g/mol. The van der Waals surface area contributed by atoms with Gasteiger partial charge in [0.1, 0.15) is 6.10 Å². The van der Waals surface area contributed by atoms with Crippen LogP contribution in [0.5, 0.6) is 0 Å². The monoisotopic (exact) mass is 226 g/mol. The highest BCUT2D eigenvalue weighted by Gasteiger charge is 2.47. The van der Waals surface area contributed by atoms with Gasteiger partial charge in [0.2, 0.25) is 0 Å². The molecule has 4 nitrogen and oxygen atoms in total. The second-order valence-electron chi connectivity index (χ2n) is 4.65. The van der Waals surface area contributed by atoms with Crippen LogP contribution in [0.2, 0.25) is 0 Å². The Balaban J connectivity index is 2.88. The first-order valence-electron chi connectivity index (χ1n) is 5.33. The van der Waals surface area contributed by atoms with Crippen LogP contribution in [0.4, 0.5) is 0 Å². The van der Waals surface area contributed by atoms with Crippen molar-refractivity contribution in [3.8, 4) is 0 Å². The Kier molecular flexibility index (Phi) is 3.53. The van der Waals surface area contributed by atoms with Gasteiger partial charge in [-0.1, -0.05) is 12.2 Å². The van der Waals surface area contributed by atoms with Crippen molar-refractivity contribution < 1.29 is 19.4 Å². The summed E-state index contributed by atoms with van der Waals surface area (Å²) < 4.78 is 5.01. The molecule has 0 aromatic heterocycles. The second-order valence-corrected chi connectivity index (χ2v) is 4.65. The van der Waals surface area contributed by atoms with Crippen molar-refractivity contribution >= 4 is 11.8 Å². The van der Waals surface area contributed by atoms with Crippen molar-refractivity contribution in [1.29, 1.82) is 0 Å². The molecule has 1 rings (SSSR count). The van der Waals surface area contributed by atoms with E-state index in [1.807, 2.05) is 6.92 Å². The van der Waals surface area contributed by atoms with Crippen molar-refractivity contribution in [2.75, 3.05) is 0 Å². The predicted octanol–water partition coefficient (Wildman–Crippen LogP) is 1.22. The van der Waals surface area contributed by atoms with E-state index in [2.05, 4.69) is 6.58 Å². The first kappa shape index (κ1) is 12.9. The molecule has 0 aliphatic heterocycles. The fourth-order valence-corrected chi connectivity index (χ4v) is 1.92. The van der Waals surface area contributed by atoms with Gasteiger partial charge >= 0.3 is 5.97 Å². The summed E-state index contributed by atoms with van der Waals surface area (Å²) in [7, 11) is 0. The highest BCUT2D eigenvalue weighted by atomic mass is 16.6. The Morgan fingerprint density at radius 3 is 2.56 bits per heavy atom. The highest BCUT2D eigenvalue weighted by molar-refractivity contribution is 5.89. The topological polar surface area (TPSA) is 63.6 Å². The molecule has 0 unspecified atom stereocenters. The lowest BCUT2D eigenvalue weighted by Gasteiger charge is -2.38. The van der Waals surface area contributed by atoms with E-state index in [-0.39, 0.29) is 18.1 Å². The molecule has 3 atom stereocenters. The number of hydrogen-bond acceptors (Lipinski definition) is 4. The Hall–Kier alpha value is -1.16. The SMILES string of the molecule is C=C(C)[C@H]1CC(=O)[C@](C)(O)[C@@H](OC(C)=O)C1. The number of Topliss-reactive ketones (excluding diaryl/α,β-unsaturated/α-hetero) is 1. The zero-order chi connectivity index (χ0) is 12.5. The normalized spacial score (nSPS) is 34.6. The van der Waals surface area contributed by atoms with Crippen LogP contribution < -0.4 is 0 Å². The van der Waals surface area contributed by atoms with E-state index in [1.54, 1.807) is 0 Å². The molecule has 0 amide bonds. The van der Waals surface area contributed by atoms with Gasteiger partial charge < -0.3 is 9.84 Å². The minimum absolute atomic E-state index is 0.0166. The van der Waals surface area contributed by atoms with Gasteiger partial charge in [-0.05, 0) is 26.2 Å². The van der Waals surface area contributed by atoms with Gasteiger partial charge in [-0.3, -0.25) is 9.59 Å². The number of allylic oxidation sites excluding steroid dienone is 1. The van der Waals surface area contributed by atoms with Crippen LogP contribution in [0, 0.1) is 5.92 Å². The molecule has 4 heteroatoms. The third-order valence-electron chi connectivity index (χ3n) is 3.13. The summed E-state index contributed by atoms with van der Waals surface area (Å²) in [5.41, 5.74) is -0.696. The quantitative estimate of drug-likeness (QED) is 0.568. The van der Waals surface area contributed by atoms with E-state index in [0.29, 0.717) is 6.42 Å². The number of rotatable bonds is 2. The summed E-state index contributed by atoms with van der Waals surface area (Å²) in [4.78, 5) is 22.7. The number of hydrogen-bond donors (Lipinski definition) is 1. The first-order valence-corrected chi connectivity index (χ1v) is 5.33. The highest BCUT2D eigenvalue weighted by Crippen LogP contribution is 2.34. The van der Waals surface area contributed by atoms with E-state index in [0.717, 1.165) is 5.57 Å². The van der Waals surface area contributed by atoms with Crippen LogP contribution in [0.25, 0.3) is 0 Å². The molecular weight excluding hydrogens is 208 g/mol. The summed E-state index contributed by atoms with van der Waals surface area (Å²) >= 11 is 0. The van der Waals surface area contributed by atoms with Crippen LogP contribution in [0.3, 0.4) is 0 Å². The molecule has 0 aromatic rings. The van der Waals surface area contributed by atoms with Gasteiger partial charge in [0, 0.05) is 13.3 Å². The standard InChI is InChI=1S/C12H18O4/c1-7(2)9-5-10(14)12(4,15)11(6-9)16-8(3)13/h9,11,15H,1,5-6H2,2-4H3/t9-,11-,12-/m0/s1. The van der Waals surface area contributed by atoms with E-state index in [4.69, 9.17) is 4.74 Å². The lowest BCUT2D eigenvalue weighted by Crippen LogP contribution is -2.53. The molecule has 16 heavy (non-hydrogen) atoms. The summed E-state index contributed by atoms with van der Waals surface area (Å²) in [6.45, 7) is 8.31. The zero-order valence-electron chi connectivity index (χ0n) is 9.95. The largest absolute Gasteiger partial charge is 0.459 e. The van der Waals surface area contributed by atoms with Gasteiger partial charge in [0.15, 0.2) is 11.4 Å². The molecule has 1 saturated carbocycles. The minimum atomic E-state index is -1.57. The molecule has 0 saturated heterocycles. The molecule has 0 heterocycles. The maximum atomic E-state index is 11.7. The Morgan fingerprint density at radius 2 is 2.12 bits per heavy atom. The van der Waals surface area contributed by atoms with Gasteiger partial charge in [0.25, 0.3) is 0 Å². The molecule has 0 radical (unpaired) electrons. The number of carbonyl (C=O) groups is 2. The lowest BCUT2D eigenvalue weighted by atomic mass is 9.74. The fraction of sp³-hybridized carbons (Fsp3) is 0.667. The van der Waals surface area contributed by atoms with Crippen LogP contribution in [-0.2, 0) is 14.3 Å². The number of esters is 1.